The molecule has 1 fully saturated rings. The number of ether oxygens (including phenoxy) is 1. The summed E-state index contributed by atoms with van der Waals surface area (Å²) in [6, 6.07) is 12.2. The first kappa shape index (κ1) is 20.4. The predicted molar refractivity (Wildman–Crippen MR) is 109 cm³/mol. The molecule has 0 radical (unpaired) electrons. The Labute approximate surface area is 169 Å². The number of halogens is 1. The van der Waals surface area contributed by atoms with Crippen molar-refractivity contribution in [3.05, 3.63) is 59.4 Å². The molecule has 2 amide bonds. The predicted octanol–water partition coefficient (Wildman–Crippen LogP) is 2.86. The van der Waals surface area contributed by atoms with E-state index in [1.54, 1.807) is 19.1 Å². The fourth-order valence-electron chi connectivity index (χ4n) is 3.30. The van der Waals surface area contributed by atoms with Crippen molar-refractivity contribution in [2.45, 2.75) is 19.8 Å². The summed E-state index contributed by atoms with van der Waals surface area (Å²) in [5, 5.41) is 2.87. The number of benzene rings is 2. The van der Waals surface area contributed by atoms with E-state index >= 15 is 0 Å². The van der Waals surface area contributed by atoms with E-state index in [0.717, 1.165) is 11.1 Å². The van der Waals surface area contributed by atoms with Crippen LogP contribution in [0.15, 0.2) is 42.5 Å². The van der Waals surface area contributed by atoms with Gasteiger partial charge in [0, 0.05) is 19.5 Å². The van der Waals surface area contributed by atoms with Crippen molar-refractivity contribution >= 4 is 17.5 Å². The van der Waals surface area contributed by atoms with Gasteiger partial charge in [-0.3, -0.25) is 9.59 Å². The second-order valence-corrected chi connectivity index (χ2v) is 7.04. The van der Waals surface area contributed by atoms with Gasteiger partial charge >= 0.3 is 0 Å². The van der Waals surface area contributed by atoms with Gasteiger partial charge in [-0.25, -0.2) is 4.39 Å². The van der Waals surface area contributed by atoms with E-state index in [1.165, 1.54) is 11.0 Å². The molecule has 1 atom stereocenters. The standard InChI is InChI=1S/C23H23FN2O3/c1-3-12-29-19-7-5-17(6-8-19)10-11-25-23(28)18-14-22(27)26(15-18)21-9-4-16(2)13-20(21)24/h1,4-9,13,18H,10-12,14-15H2,2H3,(H,25,28). The molecular formula is C23H23FN2O3. The van der Waals surface area contributed by atoms with Gasteiger partial charge < -0.3 is 15.0 Å². The Balaban J connectivity index is 1.50. The minimum atomic E-state index is -0.484. The maximum absolute atomic E-state index is 14.2. The van der Waals surface area contributed by atoms with Crippen LogP contribution in [0.25, 0.3) is 0 Å². The number of hydrogen-bond donors (Lipinski definition) is 1. The second-order valence-electron chi connectivity index (χ2n) is 7.04. The molecule has 0 bridgehead atoms. The molecule has 1 N–H and O–H groups in total. The zero-order valence-electron chi connectivity index (χ0n) is 16.3. The van der Waals surface area contributed by atoms with Gasteiger partial charge in [-0.15, -0.1) is 6.42 Å². The highest BCUT2D eigenvalue weighted by Gasteiger charge is 2.36. The minimum absolute atomic E-state index is 0.0837. The molecule has 29 heavy (non-hydrogen) atoms. The Morgan fingerprint density at radius 2 is 2.07 bits per heavy atom. The monoisotopic (exact) mass is 394 g/mol. The number of carbonyl (C=O) groups excluding carboxylic acids is 2. The van der Waals surface area contributed by atoms with E-state index in [4.69, 9.17) is 11.2 Å². The number of amides is 2. The number of hydrogen-bond acceptors (Lipinski definition) is 3. The van der Waals surface area contributed by atoms with Crippen LogP contribution in [0.2, 0.25) is 0 Å². The molecule has 0 aliphatic carbocycles. The summed E-state index contributed by atoms with van der Waals surface area (Å²) in [6.45, 7) is 2.64. The lowest BCUT2D eigenvalue weighted by molar-refractivity contribution is -0.126. The molecule has 0 aromatic heterocycles. The molecule has 2 aromatic carbocycles. The van der Waals surface area contributed by atoms with E-state index in [2.05, 4.69) is 11.2 Å². The Bertz CT molecular complexity index is 934. The third kappa shape index (κ3) is 5.14. The summed E-state index contributed by atoms with van der Waals surface area (Å²) in [5.74, 6) is 1.74. The summed E-state index contributed by atoms with van der Waals surface area (Å²) in [4.78, 5) is 26.1. The maximum Gasteiger partial charge on any atom is 0.227 e. The lowest BCUT2D eigenvalue weighted by Crippen LogP contribution is -2.34. The molecular weight excluding hydrogens is 371 g/mol. The second kappa shape index (κ2) is 9.24. The topological polar surface area (TPSA) is 58.6 Å². The normalized spacial score (nSPS) is 15.8. The first-order chi connectivity index (χ1) is 14.0. The molecule has 1 unspecified atom stereocenters. The lowest BCUT2D eigenvalue weighted by Gasteiger charge is -2.17. The molecule has 1 saturated heterocycles. The van der Waals surface area contributed by atoms with E-state index in [1.807, 2.05) is 24.3 Å². The summed E-state index contributed by atoms with van der Waals surface area (Å²) in [6.07, 6.45) is 5.89. The number of rotatable bonds is 7. The first-order valence-corrected chi connectivity index (χ1v) is 9.47. The van der Waals surface area contributed by atoms with Crippen molar-refractivity contribution in [3.63, 3.8) is 0 Å². The van der Waals surface area contributed by atoms with E-state index < -0.39 is 11.7 Å². The van der Waals surface area contributed by atoms with Gasteiger partial charge in [-0.1, -0.05) is 24.1 Å². The van der Waals surface area contributed by atoms with E-state index in [9.17, 15) is 14.0 Å². The molecule has 5 nitrogen and oxygen atoms in total. The van der Waals surface area contributed by atoms with Crippen molar-refractivity contribution in [2.24, 2.45) is 5.92 Å². The third-order valence-corrected chi connectivity index (χ3v) is 4.85. The number of aryl methyl sites for hydroxylation is 1. The first-order valence-electron chi connectivity index (χ1n) is 9.47. The Hall–Kier alpha value is -3.33. The fraction of sp³-hybridized carbons (Fsp3) is 0.304. The van der Waals surface area contributed by atoms with Crippen LogP contribution in [0.1, 0.15) is 17.5 Å². The van der Waals surface area contributed by atoms with Crippen LogP contribution in [0, 0.1) is 31.0 Å². The molecule has 0 spiro atoms. The van der Waals surface area contributed by atoms with Crippen LogP contribution in [0.3, 0.4) is 0 Å². The average Bonchev–Trinajstić information content (AvgIpc) is 3.09. The van der Waals surface area contributed by atoms with Crippen molar-refractivity contribution in [3.8, 4) is 18.1 Å². The smallest absolute Gasteiger partial charge is 0.227 e. The summed E-state index contributed by atoms with van der Waals surface area (Å²) in [5.41, 5.74) is 2.05. The number of terminal acetylenes is 1. The van der Waals surface area contributed by atoms with Crippen LogP contribution < -0.4 is 15.0 Å². The summed E-state index contributed by atoms with van der Waals surface area (Å²) >= 11 is 0. The van der Waals surface area contributed by atoms with Crippen LogP contribution >= 0.6 is 0 Å². The largest absolute Gasteiger partial charge is 0.481 e. The van der Waals surface area contributed by atoms with Crippen LogP contribution in [-0.2, 0) is 16.0 Å². The van der Waals surface area contributed by atoms with Crippen molar-refractivity contribution in [1.82, 2.24) is 5.32 Å². The maximum atomic E-state index is 14.2. The number of carbonyl (C=O) groups is 2. The minimum Gasteiger partial charge on any atom is -0.481 e. The van der Waals surface area contributed by atoms with Crippen molar-refractivity contribution in [1.29, 1.82) is 0 Å². The number of anilines is 1. The molecule has 150 valence electrons. The van der Waals surface area contributed by atoms with Gasteiger partial charge in [0.15, 0.2) is 0 Å². The Morgan fingerprint density at radius 1 is 1.31 bits per heavy atom. The quantitative estimate of drug-likeness (QED) is 0.735. The van der Waals surface area contributed by atoms with E-state index in [0.29, 0.717) is 18.7 Å². The van der Waals surface area contributed by atoms with Crippen LogP contribution in [0.4, 0.5) is 10.1 Å². The van der Waals surface area contributed by atoms with Gasteiger partial charge in [0.05, 0.1) is 11.6 Å². The van der Waals surface area contributed by atoms with Crippen molar-refractivity contribution in [2.75, 3.05) is 24.6 Å². The number of nitrogens with zero attached hydrogens (tertiary/aromatic N) is 1. The van der Waals surface area contributed by atoms with Crippen LogP contribution in [0.5, 0.6) is 5.75 Å². The Morgan fingerprint density at radius 3 is 2.76 bits per heavy atom. The third-order valence-electron chi connectivity index (χ3n) is 4.85. The Kier molecular flexibility index (Phi) is 6.50. The van der Waals surface area contributed by atoms with E-state index in [-0.39, 0.29) is 37.1 Å². The highest BCUT2D eigenvalue weighted by molar-refractivity contribution is 6.00. The zero-order chi connectivity index (χ0) is 20.8. The molecule has 3 rings (SSSR count). The molecule has 1 heterocycles. The average molecular weight is 394 g/mol. The lowest BCUT2D eigenvalue weighted by atomic mass is 10.1. The molecule has 6 heteroatoms. The van der Waals surface area contributed by atoms with Gasteiger partial charge in [-0.2, -0.15) is 0 Å². The van der Waals surface area contributed by atoms with Gasteiger partial charge in [0.25, 0.3) is 0 Å². The molecule has 1 aliphatic heterocycles. The molecule has 1 aliphatic rings. The van der Waals surface area contributed by atoms with Crippen molar-refractivity contribution < 1.29 is 18.7 Å². The van der Waals surface area contributed by atoms with Gasteiger partial charge in [0.2, 0.25) is 11.8 Å². The number of nitrogens with one attached hydrogen (secondary N) is 1. The highest BCUT2D eigenvalue weighted by Crippen LogP contribution is 2.28. The highest BCUT2D eigenvalue weighted by atomic mass is 19.1. The van der Waals surface area contributed by atoms with Gasteiger partial charge in [-0.05, 0) is 48.7 Å². The zero-order valence-corrected chi connectivity index (χ0v) is 16.3. The SMILES string of the molecule is C#CCOc1ccc(CCNC(=O)C2CC(=O)N(c3ccc(C)cc3F)C2)cc1. The van der Waals surface area contributed by atoms with Crippen LogP contribution in [-0.4, -0.2) is 31.5 Å². The summed E-state index contributed by atoms with van der Waals surface area (Å²) in [7, 11) is 0. The van der Waals surface area contributed by atoms with Gasteiger partial charge in [0.1, 0.15) is 18.2 Å². The summed E-state index contributed by atoms with van der Waals surface area (Å²) < 4.78 is 19.5. The fourth-order valence-corrected chi connectivity index (χ4v) is 3.30. The molecule has 2 aromatic rings. The molecule has 0 saturated carbocycles.